The number of methoxy groups -OCH3 is 1. The molecular formula is C13H15NO2. The zero-order chi connectivity index (χ0) is 11.8. The Balaban J connectivity index is 2.78. The van der Waals surface area contributed by atoms with Gasteiger partial charge in [0.2, 0.25) is 0 Å². The van der Waals surface area contributed by atoms with Crippen LogP contribution in [0.25, 0.3) is 0 Å². The number of esters is 1. The second kappa shape index (κ2) is 6.65. The zero-order valence-corrected chi connectivity index (χ0v) is 9.49. The van der Waals surface area contributed by atoms with Crippen LogP contribution < -0.4 is 5.32 Å². The summed E-state index contributed by atoms with van der Waals surface area (Å²) in [5.41, 5.74) is 0.882. The number of carbonyl (C=O) groups is 1. The molecule has 3 nitrogen and oxygen atoms in total. The quantitative estimate of drug-likeness (QED) is 0.613. The highest BCUT2D eigenvalue weighted by Gasteiger charge is 2.19. The van der Waals surface area contributed by atoms with Gasteiger partial charge >= 0.3 is 5.97 Å². The van der Waals surface area contributed by atoms with Gasteiger partial charge in [0.25, 0.3) is 0 Å². The SMILES string of the molecule is CC#CCNC(C(=O)OC)c1ccccc1. The number of nitrogens with one attached hydrogen (secondary N) is 1. The van der Waals surface area contributed by atoms with Crippen molar-refractivity contribution in [3.05, 3.63) is 35.9 Å². The third-order valence-electron chi connectivity index (χ3n) is 2.14. The maximum Gasteiger partial charge on any atom is 0.327 e. The maximum atomic E-state index is 11.6. The smallest absolute Gasteiger partial charge is 0.327 e. The molecule has 0 saturated heterocycles. The molecule has 1 rings (SSSR count). The fourth-order valence-corrected chi connectivity index (χ4v) is 1.34. The highest BCUT2D eigenvalue weighted by Crippen LogP contribution is 2.13. The monoisotopic (exact) mass is 217 g/mol. The molecule has 0 aromatic heterocycles. The van der Waals surface area contributed by atoms with E-state index in [1.165, 1.54) is 7.11 Å². The molecule has 0 aliphatic rings. The van der Waals surface area contributed by atoms with Gasteiger partial charge in [0, 0.05) is 0 Å². The van der Waals surface area contributed by atoms with Crippen LogP contribution in [0.1, 0.15) is 18.5 Å². The van der Waals surface area contributed by atoms with Crippen LogP contribution in [-0.2, 0) is 9.53 Å². The molecule has 1 unspecified atom stereocenters. The van der Waals surface area contributed by atoms with Gasteiger partial charge in [-0.15, -0.1) is 5.92 Å². The molecule has 16 heavy (non-hydrogen) atoms. The van der Waals surface area contributed by atoms with Crippen LogP contribution in [0.3, 0.4) is 0 Å². The Bertz CT molecular complexity index is 389. The minimum absolute atomic E-state index is 0.302. The van der Waals surface area contributed by atoms with E-state index in [1.807, 2.05) is 30.3 Å². The summed E-state index contributed by atoms with van der Waals surface area (Å²) in [7, 11) is 1.38. The number of hydrogen-bond donors (Lipinski definition) is 1. The van der Waals surface area contributed by atoms with Crippen molar-refractivity contribution in [1.82, 2.24) is 5.32 Å². The topological polar surface area (TPSA) is 38.3 Å². The molecular weight excluding hydrogens is 202 g/mol. The molecule has 0 heterocycles. The molecule has 0 aliphatic carbocycles. The first kappa shape index (κ1) is 12.3. The van der Waals surface area contributed by atoms with E-state index in [9.17, 15) is 4.79 Å². The van der Waals surface area contributed by atoms with Crippen molar-refractivity contribution in [3.8, 4) is 11.8 Å². The average Bonchev–Trinajstić information content (AvgIpc) is 2.35. The molecule has 0 amide bonds. The Labute approximate surface area is 95.8 Å². The van der Waals surface area contributed by atoms with Gasteiger partial charge in [-0.25, -0.2) is 4.79 Å². The second-order valence-electron chi connectivity index (χ2n) is 3.17. The van der Waals surface area contributed by atoms with Crippen molar-refractivity contribution in [2.75, 3.05) is 13.7 Å². The molecule has 1 atom stereocenters. The molecule has 0 saturated carbocycles. The lowest BCUT2D eigenvalue weighted by Crippen LogP contribution is -2.29. The minimum Gasteiger partial charge on any atom is -0.468 e. The van der Waals surface area contributed by atoms with Crippen LogP contribution in [0.4, 0.5) is 0 Å². The van der Waals surface area contributed by atoms with E-state index in [0.29, 0.717) is 6.54 Å². The lowest BCUT2D eigenvalue weighted by molar-refractivity contribution is -0.143. The first-order valence-corrected chi connectivity index (χ1v) is 5.05. The van der Waals surface area contributed by atoms with Crippen molar-refractivity contribution in [1.29, 1.82) is 0 Å². The number of carbonyl (C=O) groups excluding carboxylic acids is 1. The van der Waals surface area contributed by atoms with E-state index >= 15 is 0 Å². The van der Waals surface area contributed by atoms with E-state index in [2.05, 4.69) is 17.2 Å². The normalized spacial score (nSPS) is 11.1. The van der Waals surface area contributed by atoms with Crippen molar-refractivity contribution in [3.63, 3.8) is 0 Å². The molecule has 0 spiro atoms. The third-order valence-corrected chi connectivity index (χ3v) is 2.14. The van der Waals surface area contributed by atoms with Crippen molar-refractivity contribution < 1.29 is 9.53 Å². The summed E-state index contributed by atoms with van der Waals surface area (Å²) in [6.07, 6.45) is 0. The van der Waals surface area contributed by atoms with Gasteiger partial charge in [0.15, 0.2) is 0 Å². The van der Waals surface area contributed by atoms with Gasteiger partial charge < -0.3 is 4.74 Å². The molecule has 1 aromatic carbocycles. The summed E-state index contributed by atoms with van der Waals surface area (Å²) in [5, 5.41) is 3.04. The third kappa shape index (κ3) is 3.41. The number of benzene rings is 1. The zero-order valence-electron chi connectivity index (χ0n) is 9.49. The number of hydrogen-bond acceptors (Lipinski definition) is 3. The highest BCUT2D eigenvalue weighted by molar-refractivity contribution is 5.77. The van der Waals surface area contributed by atoms with Gasteiger partial charge in [-0.3, -0.25) is 5.32 Å². The van der Waals surface area contributed by atoms with Crippen LogP contribution in [0, 0.1) is 11.8 Å². The Kier molecular flexibility index (Phi) is 5.10. The summed E-state index contributed by atoms with van der Waals surface area (Å²) in [6, 6.07) is 9.00. The van der Waals surface area contributed by atoms with Gasteiger partial charge in [-0.2, -0.15) is 0 Å². The number of rotatable bonds is 4. The first-order valence-electron chi connectivity index (χ1n) is 5.05. The largest absolute Gasteiger partial charge is 0.468 e. The van der Waals surface area contributed by atoms with E-state index < -0.39 is 6.04 Å². The van der Waals surface area contributed by atoms with Gasteiger partial charge in [-0.1, -0.05) is 36.3 Å². The molecule has 84 valence electrons. The Morgan fingerprint density at radius 1 is 1.44 bits per heavy atom. The molecule has 1 aromatic rings. The second-order valence-corrected chi connectivity index (χ2v) is 3.17. The fraction of sp³-hybridized carbons (Fsp3) is 0.308. The minimum atomic E-state index is -0.452. The summed E-state index contributed by atoms with van der Waals surface area (Å²) >= 11 is 0. The summed E-state index contributed by atoms with van der Waals surface area (Å²) in [4.78, 5) is 11.6. The standard InChI is InChI=1S/C13H15NO2/c1-3-4-10-14-12(13(15)16-2)11-8-6-5-7-9-11/h5-9,12,14H,10H2,1-2H3. The van der Waals surface area contributed by atoms with E-state index in [1.54, 1.807) is 6.92 Å². The van der Waals surface area contributed by atoms with Gasteiger partial charge in [0.05, 0.1) is 13.7 Å². The molecule has 3 heteroatoms. The van der Waals surface area contributed by atoms with E-state index in [0.717, 1.165) is 5.56 Å². The van der Waals surface area contributed by atoms with Gasteiger partial charge in [-0.05, 0) is 12.5 Å². The predicted molar refractivity (Wildman–Crippen MR) is 62.7 cm³/mol. The predicted octanol–water partition coefficient (Wildman–Crippen LogP) is 1.51. The summed E-state index contributed by atoms with van der Waals surface area (Å²) in [6.45, 7) is 2.22. The number of ether oxygens (including phenoxy) is 1. The lowest BCUT2D eigenvalue weighted by atomic mass is 10.1. The molecule has 0 fully saturated rings. The van der Waals surface area contributed by atoms with Crippen molar-refractivity contribution >= 4 is 5.97 Å². The van der Waals surface area contributed by atoms with Crippen LogP contribution >= 0.6 is 0 Å². The van der Waals surface area contributed by atoms with E-state index in [-0.39, 0.29) is 5.97 Å². The lowest BCUT2D eigenvalue weighted by Gasteiger charge is -2.14. The molecule has 0 aliphatic heterocycles. The molecule has 0 radical (unpaired) electrons. The summed E-state index contributed by atoms with van der Waals surface area (Å²) < 4.78 is 4.75. The van der Waals surface area contributed by atoms with Crippen LogP contribution in [0.15, 0.2) is 30.3 Å². The maximum absolute atomic E-state index is 11.6. The van der Waals surface area contributed by atoms with Crippen LogP contribution in [-0.4, -0.2) is 19.6 Å². The van der Waals surface area contributed by atoms with Crippen molar-refractivity contribution in [2.24, 2.45) is 0 Å². The Morgan fingerprint density at radius 3 is 2.69 bits per heavy atom. The van der Waals surface area contributed by atoms with Gasteiger partial charge in [0.1, 0.15) is 6.04 Å². The molecule has 0 bridgehead atoms. The average molecular weight is 217 g/mol. The van der Waals surface area contributed by atoms with E-state index in [4.69, 9.17) is 4.74 Å². The Hall–Kier alpha value is -1.79. The summed E-state index contributed by atoms with van der Waals surface area (Å²) in [5.74, 6) is 5.32. The van der Waals surface area contributed by atoms with Crippen molar-refractivity contribution in [2.45, 2.75) is 13.0 Å². The first-order chi connectivity index (χ1) is 7.79. The highest BCUT2D eigenvalue weighted by atomic mass is 16.5. The van der Waals surface area contributed by atoms with Crippen LogP contribution in [0.5, 0.6) is 0 Å². The Morgan fingerprint density at radius 2 is 2.12 bits per heavy atom. The molecule has 1 N–H and O–H groups in total. The fourth-order valence-electron chi connectivity index (χ4n) is 1.34. The van der Waals surface area contributed by atoms with Crippen LogP contribution in [0.2, 0.25) is 0 Å².